The third-order valence-corrected chi connectivity index (χ3v) is 7.15. The van der Waals surface area contributed by atoms with Gasteiger partial charge >= 0.3 is 0 Å². The summed E-state index contributed by atoms with van der Waals surface area (Å²) in [6, 6.07) is 14.4. The van der Waals surface area contributed by atoms with Crippen molar-refractivity contribution in [3.05, 3.63) is 66.6 Å². The maximum Gasteiger partial charge on any atom is 0.243 e. The fraction of sp³-hybridized carbons (Fsp3) is 0.238. The molecular weight excluding hydrogens is 407 g/mol. The van der Waals surface area contributed by atoms with E-state index in [1.807, 2.05) is 37.4 Å². The van der Waals surface area contributed by atoms with E-state index < -0.39 is 21.8 Å². The van der Waals surface area contributed by atoms with Gasteiger partial charge in [0.15, 0.2) is 0 Å². The Morgan fingerprint density at radius 3 is 2.53 bits per heavy atom. The molecule has 1 saturated heterocycles. The van der Waals surface area contributed by atoms with E-state index in [4.69, 9.17) is 0 Å². The predicted molar refractivity (Wildman–Crippen MR) is 111 cm³/mol. The summed E-state index contributed by atoms with van der Waals surface area (Å²) >= 11 is 0. The van der Waals surface area contributed by atoms with Crippen molar-refractivity contribution < 1.29 is 17.6 Å². The number of anilines is 1. The topological polar surface area (TPSA) is 84.3 Å². The van der Waals surface area contributed by atoms with Gasteiger partial charge in [0, 0.05) is 20.1 Å². The molecule has 2 heterocycles. The molecule has 7 nitrogen and oxygen atoms in total. The molecule has 1 unspecified atom stereocenters. The summed E-state index contributed by atoms with van der Waals surface area (Å²) in [4.78, 5) is 17.0. The first-order chi connectivity index (χ1) is 14.4. The van der Waals surface area contributed by atoms with Crippen LogP contribution in [0.25, 0.3) is 11.3 Å². The van der Waals surface area contributed by atoms with Crippen LogP contribution in [-0.4, -0.2) is 41.3 Å². The Kier molecular flexibility index (Phi) is 5.40. The van der Waals surface area contributed by atoms with Gasteiger partial charge in [-0.05, 0) is 36.2 Å². The zero-order chi connectivity index (χ0) is 21.3. The standard InChI is InChI=1S/C21H21FN4O3S/c1-25-19(15-5-3-2-4-6-15)13-23-21(25)24-20(27)16-11-12-26(14-16)30(28,29)18-9-7-17(22)8-10-18/h2-10,13,16H,11-12,14H2,1H3,(H,23,24,27). The number of imidazole rings is 1. The molecule has 9 heteroatoms. The van der Waals surface area contributed by atoms with Crippen LogP contribution in [0.1, 0.15) is 6.42 Å². The first kappa shape index (κ1) is 20.2. The number of carbonyl (C=O) groups is 1. The molecule has 2 aromatic carbocycles. The number of hydrogen-bond donors (Lipinski definition) is 1. The molecule has 0 radical (unpaired) electrons. The molecule has 156 valence electrons. The normalized spacial score (nSPS) is 17.2. The molecular formula is C21H21FN4O3S. The van der Waals surface area contributed by atoms with E-state index in [1.54, 1.807) is 10.8 Å². The summed E-state index contributed by atoms with van der Waals surface area (Å²) in [5.74, 6) is -0.867. The summed E-state index contributed by atoms with van der Waals surface area (Å²) in [7, 11) is -1.96. The second-order valence-electron chi connectivity index (χ2n) is 7.18. The Morgan fingerprint density at radius 1 is 1.13 bits per heavy atom. The van der Waals surface area contributed by atoms with Crippen molar-refractivity contribution in [3.8, 4) is 11.3 Å². The van der Waals surface area contributed by atoms with Crippen LogP contribution in [0.2, 0.25) is 0 Å². The maximum atomic E-state index is 13.1. The number of nitrogens with one attached hydrogen (secondary N) is 1. The van der Waals surface area contributed by atoms with E-state index in [9.17, 15) is 17.6 Å². The summed E-state index contributed by atoms with van der Waals surface area (Å²) in [6.45, 7) is 0.301. The number of hydrogen-bond acceptors (Lipinski definition) is 4. The Balaban J connectivity index is 1.45. The Labute approximate surface area is 174 Å². The molecule has 1 aliphatic rings. The highest BCUT2D eigenvalue weighted by Gasteiger charge is 2.36. The van der Waals surface area contributed by atoms with Crippen molar-refractivity contribution in [1.29, 1.82) is 0 Å². The van der Waals surface area contributed by atoms with Crippen molar-refractivity contribution in [1.82, 2.24) is 13.9 Å². The molecule has 4 rings (SSSR count). The quantitative estimate of drug-likeness (QED) is 0.677. The second-order valence-corrected chi connectivity index (χ2v) is 9.12. The van der Waals surface area contributed by atoms with E-state index in [0.29, 0.717) is 12.4 Å². The number of rotatable bonds is 5. The van der Waals surface area contributed by atoms with Gasteiger partial charge in [-0.2, -0.15) is 4.31 Å². The fourth-order valence-corrected chi connectivity index (χ4v) is 5.03. The van der Waals surface area contributed by atoms with Gasteiger partial charge in [0.25, 0.3) is 0 Å². The fourth-order valence-electron chi connectivity index (χ4n) is 3.53. The van der Waals surface area contributed by atoms with Crippen molar-refractivity contribution in [3.63, 3.8) is 0 Å². The van der Waals surface area contributed by atoms with E-state index in [0.717, 1.165) is 23.4 Å². The smallest absolute Gasteiger partial charge is 0.243 e. The minimum absolute atomic E-state index is 0.0153. The molecule has 0 aliphatic carbocycles. The van der Waals surface area contributed by atoms with Crippen LogP contribution < -0.4 is 5.32 Å². The Hall–Kier alpha value is -3.04. The largest absolute Gasteiger partial charge is 0.313 e. The molecule has 30 heavy (non-hydrogen) atoms. The van der Waals surface area contributed by atoms with E-state index in [1.165, 1.54) is 16.4 Å². The molecule has 1 N–H and O–H groups in total. The number of nitrogens with zero attached hydrogens (tertiary/aromatic N) is 3. The van der Waals surface area contributed by atoms with Crippen molar-refractivity contribution >= 4 is 21.9 Å². The Bertz CT molecular complexity index is 1160. The summed E-state index contributed by atoms with van der Waals surface area (Å²) in [5, 5.41) is 2.80. The predicted octanol–water partition coefficient (Wildman–Crippen LogP) is 2.88. The highest BCUT2D eigenvalue weighted by atomic mass is 32.2. The molecule has 0 bridgehead atoms. The number of amides is 1. The highest BCUT2D eigenvalue weighted by Crippen LogP contribution is 2.26. The van der Waals surface area contributed by atoms with Gasteiger partial charge in [-0.25, -0.2) is 17.8 Å². The van der Waals surface area contributed by atoms with Crippen LogP contribution in [0.3, 0.4) is 0 Å². The monoisotopic (exact) mass is 428 g/mol. The minimum atomic E-state index is -3.77. The lowest BCUT2D eigenvalue weighted by atomic mass is 10.1. The molecule has 0 saturated carbocycles. The van der Waals surface area contributed by atoms with Crippen LogP contribution in [0, 0.1) is 11.7 Å². The lowest BCUT2D eigenvalue weighted by Crippen LogP contribution is -2.32. The van der Waals surface area contributed by atoms with E-state index in [2.05, 4.69) is 10.3 Å². The van der Waals surface area contributed by atoms with Gasteiger partial charge in [-0.3, -0.25) is 10.1 Å². The molecule has 0 spiro atoms. The van der Waals surface area contributed by atoms with Crippen LogP contribution in [0.5, 0.6) is 0 Å². The van der Waals surface area contributed by atoms with Crippen LogP contribution >= 0.6 is 0 Å². The van der Waals surface area contributed by atoms with Crippen LogP contribution in [-0.2, 0) is 21.9 Å². The molecule has 1 atom stereocenters. The summed E-state index contributed by atoms with van der Waals surface area (Å²) in [6.07, 6.45) is 2.09. The van der Waals surface area contributed by atoms with Gasteiger partial charge in [0.05, 0.1) is 22.7 Å². The lowest BCUT2D eigenvalue weighted by Gasteiger charge is -2.16. The number of benzene rings is 2. The average molecular weight is 428 g/mol. The SMILES string of the molecule is Cn1c(-c2ccccc2)cnc1NC(=O)C1CCN(S(=O)(=O)c2ccc(F)cc2)C1. The summed E-state index contributed by atoms with van der Waals surface area (Å²) < 4.78 is 41.6. The maximum absolute atomic E-state index is 13.1. The van der Waals surface area contributed by atoms with Crippen molar-refractivity contribution in [2.45, 2.75) is 11.3 Å². The third-order valence-electron chi connectivity index (χ3n) is 5.27. The zero-order valence-electron chi connectivity index (χ0n) is 16.3. The molecule has 1 aliphatic heterocycles. The lowest BCUT2D eigenvalue weighted by molar-refractivity contribution is -0.119. The first-order valence-electron chi connectivity index (χ1n) is 9.50. The number of carbonyl (C=O) groups excluding carboxylic acids is 1. The highest BCUT2D eigenvalue weighted by molar-refractivity contribution is 7.89. The average Bonchev–Trinajstić information content (AvgIpc) is 3.37. The number of halogens is 1. The third kappa shape index (κ3) is 3.86. The van der Waals surface area contributed by atoms with Gasteiger partial charge in [-0.15, -0.1) is 0 Å². The van der Waals surface area contributed by atoms with Crippen molar-refractivity contribution in [2.75, 3.05) is 18.4 Å². The van der Waals surface area contributed by atoms with E-state index in [-0.39, 0.29) is 23.9 Å². The number of sulfonamides is 1. The molecule has 1 fully saturated rings. The minimum Gasteiger partial charge on any atom is -0.313 e. The van der Waals surface area contributed by atoms with Crippen LogP contribution in [0.4, 0.5) is 10.3 Å². The van der Waals surface area contributed by atoms with Crippen molar-refractivity contribution in [2.24, 2.45) is 13.0 Å². The van der Waals surface area contributed by atoms with Crippen LogP contribution in [0.15, 0.2) is 65.7 Å². The zero-order valence-corrected chi connectivity index (χ0v) is 17.1. The van der Waals surface area contributed by atoms with E-state index >= 15 is 0 Å². The van der Waals surface area contributed by atoms with Gasteiger partial charge < -0.3 is 4.57 Å². The molecule has 1 amide bonds. The van der Waals surface area contributed by atoms with Gasteiger partial charge in [-0.1, -0.05) is 30.3 Å². The summed E-state index contributed by atoms with van der Waals surface area (Å²) in [5.41, 5.74) is 1.84. The molecule has 1 aromatic heterocycles. The second kappa shape index (κ2) is 8.00. The first-order valence-corrected chi connectivity index (χ1v) is 10.9. The Morgan fingerprint density at radius 2 is 1.83 bits per heavy atom. The number of aromatic nitrogens is 2. The molecule has 3 aromatic rings. The van der Waals surface area contributed by atoms with Gasteiger partial charge in [0.1, 0.15) is 5.82 Å². The van der Waals surface area contributed by atoms with Gasteiger partial charge in [0.2, 0.25) is 21.9 Å².